The highest BCUT2D eigenvalue weighted by Gasteiger charge is 2.38. The zero-order chi connectivity index (χ0) is 17.2. The Balaban J connectivity index is 2.43. The molecule has 0 radical (unpaired) electrons. The van der Waals surface area contributed by atoms with E-state index in [1.54, 1.807) is 39.0 Å². The van der Waals surface area contributed by atoms with E-state index in [0.29, 0.717) is 11.3 Å². The van der Waals surface area contributed by atoms with Crippen LogP contribution in [-0.4, -0.2) is 42.8 Å². The van der Waals surface area contributed by atoms with Crippen molar-refractivity contribution in [3.05, 3.63) is 28.2 Å². The third kappa shape index (κ3) is 4.16. The number of carbonyl (C=O) groups is 2. The van der Waals surface area contributed by atoms with Crippen molar-refractivity contribution in [2.24, 2.45) is 0 Å². The number of rotatable bonds is 1. The lowest BCUT2D eigenvalue weighted by Crippen LogP contribution is -2.43. The number of nitrogens with zero attached hydrogens (tertiary/aromatic N) is 1. The minimum absolute atomic E-state index is 0.223. The van der Waals surface area contributed by atoms with Crippen molar-refractivity contribution < 1.29 is 23.8 Å². The molecule has 0 saturated carbocycles. The summed E-state index contributed by atoms with van der Waals surface area (Å²) in [4.78, 5) is 26.2. The predicted octanol–water partition coefficient (Wildman–Crippen LogP) is 3.29. The van der Waals surface area contributed by atoms with Crippen LogP contribution < -0.4 is 4.74 Å². The van der Waals surface area contributed by atoms with Gasteiger partial charge in [-0.3, -0.25) is 4.90 Å². The average molecular weight is 386 g/mol. The van der Waals surface area contributed by atoms with Crippen molar-refractivity contribution in [1.29, 1.82) is 0 Å². The molecule has 1 heterocycles. The molecule has 1 unspecified atom stereocenters. The molecule has 1 aliphatic heterocycles. The minimum atomic E-state index is -0.902. The number of ether oxygens (including phenoxy) is 3. The smallest absolute Gasteiger partial charge is 0.411 e. The summed E-state index contributed by atoms with van der Waals surface area (Å²) < 4.78 is 16.8. The lowest BCUT2D eigenvalue weighted by molar-refractivity contribution is -0.147. The maximum atomic E-state index is 12.5. The van der Waals surface area contributed by atoms with E-state index < -0.39 is 23.7 Å². The van der Waals surface area contributed by atoms with Crippen molar-refractivity contribution >= 4 is 28.0 Å². The Hall–Kier alpha value is -1.76. The topological polar surface area (TPSA) is 65.1 Å². The summed E-state index contributed by atoms with van der Waals surface area (Å²) in [5.41, 5.74) is -0.0867. The van der Waals surface area contributed by atoms with Crippen LogP contribution in [0, 0.1) is 0 Å². The summed E-state index contributed by atoms with van der Waals surface area (Å²) in [6, 6.07) is 4.39. The third-order valence-electron chi connectivity index (χ3n) is 3.22. The lowest BCUT2D eigenvalue weighted by Gasteiger charge is -2.30. The number of amides is 1. The first-order valence-electron chi connectivity index (χ1n) is 7.22. The summed E-state index contributed by atoms with van der Waals surface area (Å²) in [7, 11) is 1.29. The van der Waals surface area contributed by atoms with Gasteiger partial charge < -0.3 is 14.2 Å². The number of esters is 1. The highest BCUT2D eigenvalue weighted by molar-refractivity contribution is 9.10. The van der Waals surface area contributed by atoms with Gasteiger partial charge in [-0.1, -0.05) is 22.0 Å². The molecule has 0 aromatic heterocycles. The molecule has 0 aliphatic carbocycles. The molecule has 1 amide bonds. The Bertz CT molecular complexity index is 611. The Morgan fingerprint density at radius 2 is 2.04 bits per heavy atom. The summed E-state index contributed by atoms with van der Waals surface area (Å²) in [5.74, 6) is 0.00534. The molecule has 1 aromatic carbocycles. The summed E-state index contributed by atoms with van der Waals surface area (Å²) in [6.45, 7) is 5.81. The van der Waals surface area contributed by atoms with Crippen LogP contribution in [0.1, 0.15) is 32.4 Å². The number of hydrogen-bond acceptors (Lipinski definition) is 5. The molecular formula is C16H20BrNO5. The van der Waals surface area contributed by atoms with Gasteiger partial charge in [0.1, 0.15) is 18.0 Å². The second-order valence-corrected chi connectivity index (χ2v) is 7.05. The average Bonchev–Trinajstić information content (AvgIpc) is 2.63. The number of halogens is 1. The molecule has 23 heavy (non-hydrogen) atoms. The van der Waals surface area contributed by atoms with E-state index in [2.05, 4.69) is 15.9 Å². The van der Waals surface area contributed by atoms with Crippen LogP contribution in [-0.2, 0) is 14.3 Å². The molecule has 0 spiro atoms. The first kappa shape index (κ1) is 17.6. The van der Waals surface area contributed by atoms with E-state index in [0.717, 1.165) is 4.47 Å². The fourth-order valence-corrected chi connectivity index (χ4v) is 2.63. The zero-order valence-corrected chi connectivity index (χ0v) is 15.2. The fraction of sp³-hybridized carbons (Fsp3) is 0.500. The number of benzene rings is 1. The van der Waals surface area contributed by atoms with Gasteiger partial charge in [0, 0.05) is 10.0 Å². The molecule has 1 aromatic rings. The molecule has 1 aliphatic rings. The maximum Gasteiger partial charge on any atom is 0.411 e. The molecule has 7 heteroatoms. The number of fused-ring (bicyclic) bond motifs is 1. The predicted molar refractivity (Wildman–Crippen MR) is 87.3 cm³/mol. The van der Waals surface area contributed by atoms with Gasteiger partial charge in [0.25, 0.3) is 0 Å². The number of carbonyl (C=O) groups excluding carboxylic acids is 2. The Labute approximate surface area is 143 Å². The molecule has 0 fully saturated rings. The zero-order valence-electron chi connectivity index (χ0n) is 13.6. The molecule has 0 N–H and O–H groups in total. The highest BCUT2D eigenvalue weighted by Crippen LogP contribution is 2.35. The third-order valence-corrected chi connectivity index (χ3v) is 3.72. The van der Waals surface area contributed by atoms with Crippen molar-refractivity contribution in [3.8, 4) is 5.75 Å². The Morgan fingerprint density at radius 3 is 2.65 bits per heavy atom. The van der Waals surface area contributed by atoms with Crippen LogP contribution in [0.15, 0.2) is 22.7 Å². The van der Waals surface area contributed by atoms with E-state index in [1.165, 1.54) is 12.0 Å². The Morgan fingerprint density at radius 1 is 1.35 bits per heavy atom. The molecule has 1 atom stereocenters. The van der Waals surface area contributed by atoms with Gasteiger partial charge in [0.15, 0.2) is 6.04 Å². The van der Waals surface area contributed by atoms with E-state index >= 15 is 0 Å². The largest absolute Gasteiger partial charge is 0.491 e. The summed E-state index contributed by atoms with van der Waals surface area (Å²) in [5, 5.41) is 0. The molecule has 0 bridgehead atoms. The van der Waals surface area contributed by atoms with Crippen molar-refractivity contribution in [2.45, 2.75) is 32.4 Å². The van der Waals surface area contributed by atoms with Gasteiger partial charge in [0.2, 0.25) is 0 Å². The van der Waals surface area contributed by atoms with Crippen molar-refractivity contribution in [3.63, 3.8) is 0 Å². The van der Waals surface area contributed by atoms with Crippen LogP contribution in [0.3, 0.4) is 0 Å². The first-order chi connectivity index (χ1) is 10.7. The molecule has 6 nitrogen and oxygen atoms in total. The standard InChI is InChI=1S/C16H20BrNO5/c1-16(2,3)23-15(20)18-7-8-22-12-9-10(17)5-6-11(12)13(18)14(19)21-4/h5-6,9,13H,7-8H2,1-4H3. The van der Waals surface area contributed by atoms with E-state index in [1.807, 2.05) is 0 Å². The molecule has 126 valence electrons. The van der Waals surface area contributed by atoms with Gasteiger partial charge in [-0.15, -0.1) is 0 Å². The normalized spacial score (nSPS) is 17.6. The molecule has 2 rings (SSSR count). The van der Waals surface area contributed by atoms with Crippen LogP contribution in [0.2, 0.25) is 0 Å². The van der Waals surface area contributed by atoms with Gasteiger partial charge in [-0.25, -0.2) is 9.59 Å². The van der Waals surface area contributed by atoms with Crippen molar-refractivity contribution in [2.75, 3.05) is 20.3 Å². The quantitative estimate of drug-likeness (QED) is 0.693. The van der Waals surface area contributed by atoms with Crippen LogP contribution in [0.5, 0.6) is 5.75 Å². The van der Waals surface area contributed by atoms with Crippen molar-refractivity contribution in [1.82, 2.24) is 4.90 Å². The monoisotopic (exact) mass is 385 g/mol. The first-order valence-corrected chi connectivity index (χ1v) is 8.02. The Kier molecular flexibility index (Phi) is 5.19. The second-order valence-electron chi connectivity index (χ2n) is 6.13. The summed E-state index contributed by atoms with van der Waals surface area (Å²) in [6.07, 6.45) is -0.577. The van der Waals surface area contributed by atoms with E-state index in [9.17, 15) is 9.59 Å². The van der Waals surface area contributed by atoms with Gasteiger partial charge in [-0.2, -0.15) is 0 Å². The van der Waals surface area contributed by atoms with Crippen LogP contribution >= 0.6 is 15.9 Å². The number of methoxy groups -OCH3 is 1. The highest BCUT2D eigenvalue weighted by atomic mass is 79.9. The van der Waals surface area contributed by atoms with Gasteiger partial charge >= 0.3 is 12.1 Å². The SMILES string of the molecule is COC(=O)C1c2ccc(Br)cc2OCCN1C(=O)OC(C)(C)C. The lowest BCUT2D eigenvalue weighted by atomic mass is 10.0. The maximum absolute atomic E-state index is 12.5. The minimum Gasteiger partial charge on any atom is -0.491 e. The second kappa shape index (κ2) is 6.78. The molecule has 0 saturated heterocycles. The number of hydrogen-bond donors (Lipinski definition) is 0. The molecular weight excluding hydrogens is 366 g/mol. The van der Waals surface area contributed by atoms with E-state index in [4.69, 9.17) is 14.2 Å². The fourth-order valence-electron chi connectivity index (χ4n) is 2.29. The summed E-state index contributed by atoms with van der Waals surface area (Å²) >= 11 is 3.37. The van der Waals surface area contributed by atoms with Crippen LogP contribution in [0.4, 0.5) is 4.79 Å². The van der Waals surface area contributed by atoms with Gasteiger partial charge in [-0.05, 0) is 32.9 Å². The van der Waals surface area contributed by atoms with Gasteiger partial charge in [0.05, 0.1) is 13.7 Å². The van der Waals surface area contributed by atoms with Crippen LogP contribution in [0.25, 0.3) is 0 Å². The van der Waals surface area contributed by atoms with E-state index in [-0.39, 0.29) is 13.2 Å².